The average molecular weight is 388 g/mol. The molecule has 0 aromatic heterocycles. The summed E-state index contributed by atoms with van der Waals surface area (Å²) in [5.74, 6) is -0.0288. The van der Waals surface area contributed by atoms with E-state index >= 15 is 0 Å². The summed E-state index contributed by atoms with van der Waals surface area (Å²) >= 11 is 0. The molecule has 3 unspecified atom stereocenters. The van der Waals surface area contributed by atoms with Gasteiger partial charge in [0.25, 0.3) is 0 Å². The monoisotopic (exact) mass is 387 g/mol. The van der Waals surface area contributed by atoms with E-state index in [0.29, 0.717) is 12.2 Å². The summed E-state index contributed by atoms with van der Waals surface area (Å²) in [6.07, 6.45) is 16.8. The summed E-state index contributed by atoms with van der Waals surface area (Å²) in [4.78, 5) is 11.9. The van der Waals surface area contributed by atoms with Gasteiger partial charge in [-0.05, 0) is 40.2 Å². The number of aliphatic hydroxyl groups is 1. The first-order valence-corrected chi connectivity index (χ1v) is 9.70. The fourth-order valence-corrected chi connectivity index (χ4v) is 2.45. The zero-order valence-electron chi connectivity index (χ0n) is 18.4. The zero-order chi connectivity index (χ0) is 21.5. The minimum atomic E-state index is -0.448. The van der Waals surface area contributed by atoms with Crippen LogP contribution in [0.15, 0.2) is 71.4 Å². The highest BCUT2D eigenvalue weighted by Crippen LogP contribution is 2.15. The lowest BCUT2D eigenvalue weighted by Gasteiger charge is -2.16. The van der Waals surface area contributed by atoms with Crippen LogP contribution in [0.25, 0.3) is 0 Å². The second-order valence-corrected chi connectivity index (χ2v) is 7.06. The van der Waals surface area contributed by atoms with Crippen LogP contribution in [0.1, 0.15) is 41.5 Å². The Kier molecular flexibility index (Phi) is 13.7. The van der Waals surface area contributed by atoms with Gasteiger partial charge >= 0.3 is 0 Å². The van der Waals surface area contributed by atoms with Crippen LogP contribution >= 0.6 is 0 Å². The van der Waals surface area contributed by atoms with E-state index in [-0.39, 0.29) is 17.9 Å². The Labute approximate surface area is 171 Å². The lowest BCUT2D eigenvalue weighted by molar-refractivity contribution is -0.118. The van der Waals surface area contributed by atoms with Crippen molar-refractivity contribution in [3.05, 3.63) is 71.4 Å². The quantitative estimate of drug-likeness (QED) is 0.308. The minimum Gasteiger partial charge on any atom is -0.388 e. The van der Waals surface area contributed by atoms with Crippen molar-refractivity contribution in [2.45, 2.75) is 53.7 Å². The molecule has 0 rings (SSSR count). The van der Waals surface area contributed by atoms with Gasteiger partial charge in [0, 0.05) is 24.6 Å². The summed E-state index contributed by atoms with van der Waals surface area (Å²) in [6, 6.07) is -0.0168. The van der Waals surface area contributed by atoms with Crippen LogP contribution in [0.2, 0.25) is 0 Å². The number of methoxy groups -OCH3 is 1. The predicted octanol–water partition coefficient (Wildman–Crippen LogP) is 4.66. The number of allylic oxidation sites excluding steroid dienone is 9. The first-order chi connectivity index (χ1) is 13.2. The van der Waals surface area contributed by atoms with Crippen molar-refractivity contribution >= 4 is 5.91 Å². The number of amides is 1. The molecule has 0 aliphatic rings. The second kappa shape index (κ2) is 14.8. The first-order valence-electron chi connectivity index (χ1n) is 9.70. The molecule has 2 N–H and O–H groups in total. The molecule has 0 aliphatic carbocycles. The van der Waals surface area contributed by atoms with Gasteiger partial charge in [0.15, 0.2) is 0 Å². The molecule has 1 amide bonds. The SMILES string of the molecule is CC=C(C)C(O)C(C)C=C(C)C=CC=CC=CC=C(C)C(=O)NC(C)COC. The van der Waals surface area contributed by atoms with Crippen LogP contribution in [0.3, 0.4) is 0 Å². The van der Waals surface area contributed by atoms with Gasteiger partial charge in [-0.2, -0.15) is 0 Å². The Morgan fingerprint density at radius 3 is 2.29 bits per heavy atom. The maximum absolute atomic E-state index is 11.9. The number of rotatable bonds is 11. The van der Waals surface area contributed by atoms with Crippen molar-refractivity contribution in [2.24, 2.45) is 5.92 Å². The number of hydrogen-bond donors (Lipinski definition) is 2. The molecule has 0 aromatic carbocycles. The number of aliphatic hydroxyl groups excluding tert-OH is 1. The van der Waals surface area contributed by atoms with E-state index in [0.717, 1.165) is 11.1 Å². The predicted molar refractivity (Wildman–Crippen MR) is 119 cm³/mol. The van der Waals surface area contributed by atoms with Crippen LogP contribution in [0.4, 0.5) is 0 Å². The molecule has 0 aromatic rings. The molecular weight excluding hydrogens is 350 g/mol. The second-order valence-electron chi connectivity index (χ2n) is 7.06. The van der Waals surface area contributed by atoms with Crippen LogP contribution in [0.5, 0.6) is 0 Å². The van der Waals surface area contributed by atoms with Crippen molar-refractivity contribution in [2.75, 3.05) is 13.7 Å². The van der Waals surface area contributed by atoms with E-state index in [1.807, 2.05) is 77.2 Å². The molecule has 0 radical (unpaired) electrons. The van der Waals surface area contributed by atoms with Gasteiger partial charge in [0.05, 0.1) is 12.7 Å². The summed E-state index contributed by atoms with van der Waals surface area (Å²) < 4.78 is 5.00. The summed E-state index contributed by atoms with van der Waals surface area (Å²) in [5.41, 5.74) is 2.73. The van der Waals surface area contributed by atoms with Gasteiger partial charge in [-0.15, -0.1) is 0 Å². The molecule has 4 nitrogen and oxygen atoms in total. The number of carbonyl (C=O) groups is 1. The Balaban J connectivity index is 4.55. The lowest BCUT2D eigenvalue weighted by Crippen LogP contribution is -2.36. The molecule has 0 bridgehead atoms. The molecule has 0 spiro atoms. The largest absolute Gasteiger partial charge is 0.388 e. The highest BCUT2D eigenvalue weighted by molar-refractivity contribution is 5.93. The molecule has 3 atom stereocenters. The van der Waals surface area contributed by atoms with Gasteiger partial charge in [0.2, 0.25) is 5.91 Å². The minimum absolute atomic E-state index is 0.0168. The van der Waals surface area contributed by atoms with E-state index in [9.17, 15) is 9.90 Å². The Morgan fingerprint density at radius 1 is 1.07 bits per heavy atom. The van der Waals surface area contributed by atoms with Crippen molar-refractivity contribution < 1.29 is 14.6 Å². The summed E-state index contributed by atoms with van der Waals surface area (Å²) in [6.45, 7) is 12.1. The number of carbonyl (C=O) groups excluding carboxylic acids is 1. The highest BCUT2D eigenvalue weighted by Gasteiger charge is 2.12. The van der Waals surface area contributed by atoms with Crippen LogP contribution in [-0.4, -0.2) is 36.9 Å². The molecule has 0 aliphatic heterocycles. The molecule has 4 heteroatoms. The maximum atomic E-state index is 11.9. The third-order valence-electron chi connectivity index (χ3n) is 4.25. The van der Waals surface area contributed by atoms with Crippen LogP contribution in [0, 0.1) is 5.92 Å². The normalized spacial score (nSPS) is 17.5. The first kappa shape index (κ1) is 25.8. The molecule has 156 valence electrons. The van der Waals surface area contributed by atoms with E-state index in [1.54, 1.807) is 20.1 Å². The van der Waals surface area contributed by atoms with E-state index in [1.165, 1.54) is 0 Å². The lowest BCUT2D eigenvalue weighted by atomic mass is 9.96. The molecule has 0 fully saturated rings. The van der Waals surface area contributed by atoms with E-state index in [2.05, 4.69) is 11.4 Å². The summed E-state index contributed by atoms with van der Waals surface area (Å²) in [5, 5.41) is 13.0. The van der Waals surface area contributed by atoms with Crippen molar-refractivity contribution in [3.8, 4) is 0 Å². The van der Waals surface area contributed by atoms with Gasteiger partial charge in [0.1, 0.15) is 0 Å². The van der Waals surface area contributed by atoms with E-state index < -0.39 is 6.10 Å². The van der Waals surface area contributed by atoms with Gasteiger partial charge < -0.3 is 15.2 Å². The number of nitrogens with one attached hydrogen (secondary N) is 1. The standard InChI is InChI=1S/C24H37NO3/c1-8-19(3)23(26)21(5)16-18(2)14-12-10-9-11-13-15-20(4)24(27)25-22(6)17-28-7/h8-16,21-23,26H,17H2,1-7H3,(H,25,27). The van der Waals surface area contributed by atoms with Gasteiger partial charge in [-0.3, -0.25) is 4.79 Å². The molecule has 28 heavy (non-hydrogen) atoms. The van der Waals surface area contributed by atoms with Crippen molar-refractivity contribution in [3.63, 3.8) is 0 Å². The fraction of sp³-hybridized carbons (Fsp3) is 0.458. The van der Waals surface area contributed by atoms with Gasteiger partial charge in [-0.25, -0.2) is 0 Å². The Bertz CT molecular complexity index is 651. The topological polar surface area (TPSA) is 58.6 Å². The van der Waals surface area contributed by atoms with Gasteiger partial charge in [-0.1, -0.05) is 67.2 Å². The fourth-order valence-electron chi connectivity index (χ4n) is 2.45. The van der Waals surface area contributed by atoms with Crippen LogP contribution < -0.4 is 5.32 Å². The molecule has 0 saturated heterocycles. The zero-order valence-corrected chi connectivity index (χ0v) is 18.4. The molecular formula is C24H37NO3. The van der Waals surface area contributed by atoms with Crippen molar-refractivity contribution in [1.29, 1.82) is 0 Å². The highest BCUT2D eigenvalue weighted by atomic mass is 16.5. The maximum Gasteiger partial charge on any atom is 0.247 e. The van der Waals surface area contributed by atoms with Crippen molar-refractivity contribution in [1.82, 2.24) is 5.32 Å². The summed E-state index contributed by atoms with van der Waals surface area (Å²) in [7, 11) is 1.61. The Morgan fingerprint density at radius 2 is 1.68 bits per heavy atom. The average Bonchev–Trinajstić information content (AvgIpc) is 2.65. The third-order valence-corrected chi connectivity index (χ3v) is 4.25. The van der Waals surface area contributed by atoms with E-state index in [4.69, 9.17) is 4.74 Å². The smallest absolute Gasteiger partial charge is 0.247 e. The number of ether oxygens (including phenoxy) is 1. The molecule has 0 heterocycles. The van der Waals surface area contributed by atoms with Crippen LogP contribution in [-0.2, 0) is 9.53 Å². The third kappa shape index (κ3) is 11.5. The Hall–Kier alpha value is -2.17. The number of hydrogen-bond acceptors (Lipinski definition) is 3. The molecule has 0 saturated carbocycles.